The first-order chi connectivity index (χ1) is 7.66. The van der Waals surface area contributed by atoms with Gasteiger partial charge in [0.15, 0.2) is 0 Å². The Bertz CT molecular complexity index is 347. The lowest BCUT2D eigenvalue weighted by Gasteiger charge is -2.10. The van der Waals surface area contributed by atoms with Crippen LogP contribution in [0.25, 0.3) is 0 Å². The molecule has 0 spiro atoms. The molecular weight excluding hydrogens is 313 g/mol. The number of halogens is 3. The quantitative estimate of drug-likeness (QED) is 0.602. The number of aliphatic hydroxyl groups excluding tert-OH is 1. The Morgan fingerprint density at radius 3 is 2.56 bits per heavy atom. The van der Waals surface area contributed by atoms with Gasteiger partial charge >= 0.3 is 0 Å². The van der Waals surface area contributed by atoms with Crippen LogP contribution in [0.2, 0.25) is 10.0 Å². The molecule has 2 N–H and O–H groups in total. The molecule has 0 amide bonds. The van der Waals surface area contributed by atoms with Crippen LogP contribution in [0.4, 0.5) is 5.69 Å². The van der Waals surface area contributed by atoms with Gasteiger partial charge in [-0.15, -0.1) is 0 Å². The molecule has 0 aromatic heterocycles. The fraction of sp³-hybridized carbons (Fsp3) is 0.455. The fourth-order valence-corrected chi connectivity index (χ4v) is 2.14. The van der Waals surface area contributed by atoms with Gasteiger partial charge < -0.3 is 10.4 Å². The van der Waals surface area contributed by atoms with Crippen molar-refractivity contribution >= 4 is 44.8 Å². The molecule has 0 heterocycles. The van der Waals surface area contributed by atoms with Gasteiger partial charge in [0, 0.05) is 17.6 Å². The Labute approximate surface area is 114 Å². The third-order valence-electron chi connectivity index (χ3n) is 2.19. The summed E-state index contributed by atoms with van der Waals surface area (Å²) in [5, 5.41) is 12.9. The third-order valence-corrected chi connectivity index (χ3v) is 3.96. The van der Waals surface area contributed by atoms with E-state index in [0.717, 1.165) is 36.0 Å². The van der Waals surface area contributed by atoms with Gasteiger partial charge in [-0.25, -0.2) is 0 Å². The summed E-state index contributed by atoms with van der Waals surface area (Å²) in [7, 11) is 0. The van der Waals surface area contributed by atoms with E-state index in [2.05, 4.69) is 21.2 Å². The monoisotopic (exact) mass is 325 g/mol. The van der Waals surface area contributed by atoms with Crippen LogP contribution in [0.15, 0.2) is 16.6 Å². The summed E-state index contributed by atoms with van der Waals surface area (Å²) >= 11 is 15.4. The molecule has 1 aromatic rings. The molecule has 16 heavy (non-hydrogen) atoms. The molecule has 0 aliphatic heterocycles. The average Bonchev–Trinajstić information content (AvgIpc) is 2.28. The van der Waals surface area contributed by atoms with Crippen LogP contribution in [-0.4, -0.2) is 18.3 Å². The predicted molar refractivity (Wildman–Crippen MR) is 73.6 cm³/mol. The Morgan fingerprint density at radius 1 is 1.12 bits per heavy atom. The molecule has 5 heteroatoms. The zero-order valence-corrected chi connectivity index (χ0v) is 11.9. The SMILES string of the molecule is OCCCCCNc1ccc(Br)c(Cl)c1Cl. The van der Waals surface area contributed by atoms with Crippen molar-refractivity contribution in [2.75, 3.05) is 18.5 Å². The fourth-order valence-electron chi connectivity index (χ4n) is 1.30. The molecule has 0 fully saturated rings. The van der Waals surface area contributed by atoms with Crippen LogP contribution < -0.4 is 5.32 Å². The van der Waals surface area contributed by atoms with E-state index in [1.165, 1.54) is 0 Å². The van der Waals surface area contributed by atoms with Crippen molar-refractivity contribution in [3.8, 4) is 0 Å². The van der Waals surface area contributed by atoms with Gasteiger partial charge in [0.05, 0.1) is 15.7 Å². The number of hydrogen-bond donors (Lipinski definition) is 2. The molecule has 90 valence electrons. The molecule has 2 nitrogen and oxygen atoms in total. The molecule has 0 saturated carbocycles. The molecule has 0 atom stereocenters. The molecule has 1 rings (SSSR count). The van der Waals surface area contributed by atoms with Crippen molar-refractivity contribution in [1.82, 2.24) is 0 Å². The van der Waals surface area contributed by atoms with Crippen molar-refractivity contribution in [2.45, 2.75) is 19.3 Å². The van der Waals surface area contributed by atoms with Crippen molar-refractivity contribution < 1.29 is 5.11 Å². The zero-order valence-electron chi connectivity index (χ0n) is 8.77. The van der Waals surface area contributed by atoms with E-state index in [9.17, 15) is 0 Å². The van der Waals surface area contributed by atoms with Crippen LogP contribution in [-0.2, 0) is 0 Å². The van der Waals surface area contributed by atoms with E-state index in [0.29, 0.717) is 10.0 Å². The summed E-state index contributed by atoms with van der Waals surface area (Å²) in [4.78, 5) is 0. The van der Waals surface area contributed by atoms with E-state index < -0.39 is 0 Å². The largest absolute Gasteiger partial charge is 0.396 e. The first-order valence-corrected chi connectivity index (χ1v) is 6.70. The Hall–Kier alpha value is 0.0400. The lowest BCUT2D eigenvalue weighted by molar-refractivity contribution is 0.283. The van der Waals surface area contributed by atoms with E-state index in [-0.39, 0.29) is 6.61 Å². The predicted octanol–water partition coefficient (Wildman–Crippen LogP) is 4.33. The van der Waals surface area contributed by atoms with Gasteiger partial charge in [-0.3, -0.25) is 0 Å². The lowest BCUT2D eigenvalue weighted by Crippen LogP contribution is -2.02. The highest BCUT2D eigenvalue weighted by atomic mass is 79.9. The summed E-state index contributed by atoms with van der Waals surface area (Å²) in [5.41, 5.74) is 0.846. The zero-order chi connectivity index (χ0) is 12.0. The maximum atomic E-state index is 8.63. The molecule has 0 unspecified atom stereocenters. The number of nitrogens with one attached hydrogen (secondary N) is 1. The van der Waals surface area contributed by atoms with Gasteiger partial charge in [0.1, 0.15) is 0 Å². The van der Waals surface area contributed by atoms with Gasteiger partial charge in [-0.05, 0) is 47.3 Å². The Balaban J connectivity index is 2.45. The van der Waals surface area contributed by atoms with Gasteiger partial charge in [-0.1, -0.05) is 23.2 Å². The third kappa shape index (κ3) is 4.13. The maximum absolute atomic E-state index is 8.63. The van der Waals surface area contributed by atoms with Crippen molar-refractivity contribution in [3.63, 3.8) is 0 Å². The minimum atomic E-state index is 0.255. The highest BCUT2D eigenvalue weighted by Gasteiger charge is 2.07. The summed E-state index contributed by atoms with van der Waals surface area (Å²) < 4.78 is 0.796. The number of rotatable bonds is 6. The number of benzene rings is 1. The van der Waals surface area contributed by atoms with Gasteiger partial charge in [0.25, 0.3) is 0 Å². The second-order valence-corrected chi connectivity index (χ2v) is 5.04. The topological polar surface area (TPSA) is 32.3 Å². The van der Waals surface area contributed by atoms with E-state index in [1.807, 2.05) is 12.1 Å². The minimum Gasteiger partial charge on any atom is -0.396 e. The molecule has 0 aliphatic carbocycles. The van der Waals surface area contributed by atoms with Gasteiger partial charge in [-0.2, -0.15) is 0 Å². The molecular formula is C11H14BrCl2NO. The maximum Gasteiger partial charge on any atom is 0.0835 e. The summed E-state index contributed by atoms with van der Waals surface area (Å²) in [6, 6.07) is 3.76. The van der Waals surface area contributed by atoms with Gasteiger partial charge in [0.2, 0.25) is 0 Å². The van der Waals surface area contributed by atoms with Crippen molar-refractivity contribution in [3.05, 3.63) is 26.7 Å². The van der Waals surface area contributed by atoms with Crippen LogP contribution in [0.5, 0.6) is 0 Å². The molecule has 0 bridgehead atoms. The second kappa shape index (κ2) is 7.38. The number of aliphatic hydroxyl groups is 1. The van der Waals surface area contributed by atoms with Crippen LogP contribution in [0.1, 0.15) is 19.3 Å². The normalized spacial score (nSPS) is 10.5. The van der Waals surface area contributed by atoms with E-state index in [1.54, 1.807) is 0 Å². The second-order valence-electron chi connectivity index (χ2n) is 3.43. The Kier molecular flexibility index (Phi) is 6.51. The van der Waals surface area contributed by atoms with Crippen LogP contribution in [0.3, 0.4) is 0 Å². The number of unbranched alkanes of at least 4 members (excludes halogenated alkanes) is 2. The number of hydrogen-bond acceptors (Lipinski definition) is 2. The average molecular weight is 327 g/mol. The minimum absolute atomic E-state index is 0.255. The van der Waals surface area contributed by atoms with E-state index >= 15 is 0 Å². The first-order valence-electron chi connectivity index (χ1n) is 5.15. The summed E-state index contributed by atoms with van der Waals surface area (Å²) in [5.74, 6) is 0. The lowest BCUT2D eigenvalue weighted by atomic mass is 10.2. The molecule has 1 aromatic carbocycles. The summed E-state index contributed by atoms with van der Waals surface area (Å²) in [6.07, 6.45) is 2.85. The van der Waals surface area contributed by atoms with Crippen molar-refractivity contribution in [2.24, 2.45) is 0 Å². The molecule has 0 aliphatic rings. The van der Waals surface area contributed by atoms with Crippen LogP contribution >= 0.6 is 39.1 Å². The van der Waals surface area contributed by atoms with Crippen molar-refractivity contribution in [1.29, 1.82) is 0 Å². The first kappa shape index (κ1) is 14.1. The smallest absolute Gasteiger partial charge is 0.0835 e. The summed E-state index contributed by atoms with van der Waals surface area (Å²) in [6.45, 7) is 1.09. The van der Waals surface area contributed by atoms with E-state index in [4.69, 9.17) is 28.3 Å². The van der Waals surface area contributed by atoms with Crippen LogP contribution in [0, 0.1) is 0 Å². The molecule has 0 saturated heterocycles. The highest BCUT2D eigenvalue weighted by molar-refractivity contribution is 9.10. The Morgan fingerprint density at radius 2 is 1.88 bits per heavy atom. The molecule has 0 radical (unpaired) electrons. The highest BCUT2D eigenvalue weighted by Crippen LogP contribution is 2.35. The standard InChI is InChI=1S/C11H14BrCl2NO/c12-8-4-5-9(11(14)10(8)13)15-6-2-1-3-7-16/h4-5,15-16H,1-3,6-7H2. The number of anilines is 1.